The fraction of sp³-hybridized carbons (Fsp3) is 1.00. The normalized spacial score (nSPS) is 9.43. The van der Waals surface area contributed by atoms with E-state index >= 15 is 0 Å². The van der Waals surface area contributed by atoms with Crippen molar-refractivity contribution in [3.63, 3.8) is 0 Å². The molecule has 0 aliphatic heterocycles. The van der Waals surface area contributed by atoms with Crippen molar-refractivity contribution in [2.75, 3.05) is 13.5 Å². The first-order chi connectivity index (χ1) is 3.41. The number of hydrogen-bond acceptors (Lipinski definition) is 4. The Morgan fingerprint density at radius 3 is 1.86 bits per heavy atom. The number of hydrogen-bond donors (Lipinski definition) is 2. The van der Waals surface area contributed by atoms with Crippen LogP contribution in [0.3, 0.4) is 0 Å². The van der Waals surface area contributed by atoms with E-state index < -0.39 is 0 Å². The molecule has 0 spiro atoms. The van der Waals surface area contributed by atoms with Crippen LogP contribution in [0.4, 0.5) is 0 Å². The molecule has 5 heteroatoms. The zero-order valence-corrected chi connectivity index (χ0v) is 4.89. The Kier molecular flexibility index (Phi) is 6.51. The Balaban J connectivity index is 2.45. The number of nitrogens with two attached hydrogens (primary N) is 2. The molecule has 0 bridgehead atoms. The molecule has 7 heavy (non-hydrogen) atoms. The Morgan fingerprint density at radius 1 is 1.14 bits per heavy atom. The molecule has 0 heterocycles. The molecule has 0 atom stereocenters. The maximum absolute atomic E-state index is 4.93. The molecule has 0 aliphatic rings. The fourth-order valence-electron chi connectivity index (χ4n) is 0.110. The van der Waals surface area contributed by atoms with E-state index in [-0.39, 0.29) is 22.5 Å². The summed E-state index contributed by atoms with van der Waals surface area (Å²) in [6.07, 6.45) is 0. The van der Waals surface area contributed by atoms with Crippen LogP contribution >= 0.6 is 9.03 Å². The maximum Gasteiger partial charge on any atom is 0.157 e. The van der Waals surface area contributed by atoms with Crippen LogP contribution in [-0.4, -0.2) is 13.5 Å². The molecule has 4 nitrogen and oxygen atoms in total. The smallest absolute Gasteiger partial charge is 0.157 e. The summed E-state index contributed by atoms with van der Waals surface area (Å²) in [4.78, 5) is 0. The van der Waals surface area contributed by atoms with Gasteiger partial charge in [0.1, 0.15) is 13.5 Å². The van der Waals surface area contributed by atoms with E-state index in [0.29, 0.717) is 0 Å². The minimum atomic E-state index is -0.0177. The highest BCUT2D eigenvalue weighted by Crippen LogP contribution is 2.08. The van der Waals surface area contributed by atoms with Gasteiger partial charge in [0, 0.05) is 0 Å². The molecule has 0 aromatic carbocycles. The Bertz CT molecular complexity index is 32.9. The van der Waals surface area contributed by atoms with Crippen LogP contribution < -0.4 is 11.5 Å². The zero-order chi connectivity index (χ0) is 5.54. The first-order valence-corrected chi connectivity index (χ1v) is 2.62. The molecule has 0 aromatic heterocycles. The second-order valence-electron chi connectivity index (χ2n) is 0.705. The van der Waals surface area contributed by atoms with Gasteiger partial charge in [-0.25, -0.2) is 0 Å². The van der Waals surface area contributed by atoms with Crippen LogP contribution in [0.1, 0.15) is 0 Å². The highest BCUT2D eigenvalue weighted by atomic mass is 31.1. The highest BCUT2D eigenvalue weighted by Gasteiger charge is 1.77. The van der Waals surface area contributed by atoms with Gasteiger partial charge < -0.3 is 20.5 Å². The van der Waals surface area contributed by atoms with E-state index in [0.717, 1.165) is 0 Å². The minimum Gasteiger partial charge on any atom is -0.321 e. The molecule has 0 aliphatic carbocycles. The fourth-order valence-corrected chi connectivity index (χ4v) is 0.329. The van der Waals surface area contributed by atoms with Gasteiger partial charge in [0.25, 0.3) is 0 Å². The lowest BCUT2D eigenvalue weighted by Crippen LogP contribution is -2.01. The first-order valence-electron chi connectivity index (χ1n) is 1.80. The summed E-state index contributed by atoms with van der Waals surface area (Å²) >= 11 is 0. The van der Waals surface area contributed by atoms with E-state index in [1.807, 2.05) is 0 Å². The SMILES string of the molecule is NCOPOCN. The second-order valence-corrected chi connectivity index (χ2v) is 1.45. The van der Waals surface area contributed by atoms with Crippen molar-refractivity contribution in [1.29, 1.82) is 0 Å². The molecular weight excluding hydrogens is 115 g/mol. The molecule has 0 fully saturated rings. The van der Waals surface area contributed by atoms with E-state index in [4.69, 9.17) is 11.5 Å². The van der Waals surface area contributed by atoms with Crippen molar-refractivity contribution in [3.05, 3.63) is 0 Å². The van der Waals surface area contributed by atoms with E-state index in [1.165, 1.54) is 0 Å². The molecule has 44 valence electrons. The van der Waals surface area contributed by atoms with Crippen LogP contribution in [0.5, 0.6) is 0 Å². The average Bonchev–Trinajstić information content (AvgIpc) is 1.69. The van der Waals surface area contributed by atoms with Gasteiger partial charge in [-0.05, 0) is 0 Å². The highest BCUT2D eigenvalue weighted by molar-refractivity contribution is 7.26. The van der Waals surface area contributed by atoms with E-state index in [1.54, 1.807) is 0 Å². The van der Waals surface area contributed by atoms with Gasteiger partial charge in [-0.3, -0.25) is 0 Å². The lowest BCUT2D eigenvalue weighted by molar-refractivity contribution is 0.278. The van der Waals surface area contributed by atoms with Crippen molar-refractivity contribution < 1.29 is 9.05 Å². The maximum atomic E-state index is 4.93. The van der Waals surface area contributed by atoms with Gasteiger partial charge in [0.15, 0.2) is 9.03 Å². The van der Waals surface area contributed by atoms with Crippen LogP contribution in [0.2, 0.25) is 0 Å². The monoisotopic (exact) mass is 124 g/mol. The van der Waals surface area contributed by atoms with E-state index in [2.05, 4.69) is 9.05 Å². The topological polar surface area (TPSA) is 70.5 Å². The molecule has 0 amide bonds. The van der Waals surface area contributed by atoms with Crippen molar-refractivity contribution in [3.8, 4) is 0 Å². The zero-order valence-electron chi connectivity index (χ0n) is 3.89. The van der Waals surface area contributed by atoms with Gasteiger partial charge in [-0.1, -0.05) is 0 Å². The van der Waals surface area contributed by atoms with Crippen molar-refractivity contribution in [2.45, 2.75) is 0 Å². The largest absolute Gasteiger partial charge is 0.321 e. The third-order valence-electron chi connectivity index (χ3n) is 0.285. The second kappa shape index (κ2) is 6.27. The van der Waals surface area contributed by atoms with Gasteiger partial charge in [-0.2, -0.15) is 0 Å². The number of rotatable bonds is 4. The Labute approximate surface area is 44.1 Å². The lowest BCUT2D eigenvalue weighted by atomic mass is 11.4. The average molecular weight is 124 g/mol. The lowest BCUT2D eigenvalue weighted by Gasteiger charge is -1.96. The molecule has 0 aromatic rings. The standard InChI is InChI=1S/C2H9N2O2P/c3-1-5-7-6-2-4/h7H,1-4H2. The summed E-state index contributed by atoms with van der Waals surface area (Å²) in [7, 11) is -0.0177. The summed E-state index contributed by atoms with van der Waals surface area (Å²) in [6, 6.07) is 0. The van der Waals surface area contributed by atoms with Crippen molar-refractivity contribution >= 4 is 9.03 Å². The first kappa shape index (κ1) is 7.27. The minimum absolute atomic E-state index is 0.0177. The predicted molar refractivity (Wildman–Crippen MR) is 28.6 cm³/mol. The van der Waals surface area contributed by atoms with Crippen molar-refractivity contribution in [2.24, 2.45) is 11.5 Å². The Morgan fingerprint density at radius 2 is 1.57 bits per heavy atom. The molecule has 0 saturated carbocycles. The van der Waals surface area contributed by atoms with E-state index in [9.17, 15) is 0 Å². The quantitative estimate of drug-likeness (QED) is 0.297. The van der Waals surface area contributed by atoms with Gasteiger partial charge >= 0.3 is 0 Å². The molecule has 0 saturated heterocycles. The molecule has 0 unspecified atom stereocenters. The van der Waals surface area contributed by atoms with Gasteiger partial charge in [0.2, 0.25) is 0 Å². The molecule has 4 N–H and O–H groups in total. The van der Waals surface area contributed by atoms with Crippen LogP contribution in [-0.2, 0) is 9.05 Å². The summed E-state index contributed by atoms with van der Waals surface area (Å²) in [5, 5.41) is 0. The summed E-state index contributed by atoms with van der Waals surface area (Å²) in [5.41, 5.74) is 9.87. The van der Waals surface area contributed by atoms with Crippen LogP contribution in [0.15, 0.2) is 0 Å². The molecular formula is C2H9N2O2P. The molecule has 0 radical (unpaired) electrons. The van der Waals surface area contributed by atoms with Crippen molar-refractivity contribution in [1.82, 2.24) is 0 Å². The van der Waals surface area contributed by atoms with Crippen LogP contribution in [0.25, 0.3) is 0 Å². The third kappa shape index (κ3) is 6.27. The third-order valence-corrected chi connectivity index (χ3v) is 0.854. The Hall–Kier alpha value is 0.270. The predicted octanol–water partition coefficient (Wildman–Crippen LogP) is -0.640. The molecule has 0 rings (SSSR count). The summed E-state index contributed by atoms with van der Waals surface area (Å²) in [5.74, 6) is 0. The summed E-state index contributed by atoms with van der Waals surface area (Å²) < 4.78 is 9.15. The van der Waals surface area contributed by atoms with Gasteiger partial charge in [-0.15, -0.1) is 0 Å². The summed E-state index contributed by atoms with van der Waals surface area (Å²) in [6.45, 7) is 0.386. The van der Waals surface area contributed by atoms with Crippen LogP contribution in [0, 0.1) is 0 Å². The van der Waals surface area contributed by atoms with Gasteiger partial charge in [0.05, 0.1) is 0 Å².